The zero-order chi connectivity index (χ0) is 23.8. The van der Waals surface area contributed by atoms with Crippen molar-refractivity contribution in [3.05, 3.63) is 95.6 Å². The molecular weight excluding hydrogens is 442 g/mol. The van der Waals surface area contributed by atoms with Gasteiger partial charge in [0.2, 0.25) is 0 Å². The van der Waals surface area contributed by atoms with Crippen LogP contribution in [0.2, 0.25) is 0 Å². The molecular formula is C24H23N3O5S. The highest BCUT2D eigenvalue weighted by molar-refractivity contribution is 7.92. The van der Waals surface area contributed by atoms with Crippen molar-refractivity contribution < 1.29 is 22.7 Å². The maximum Gasteiger partial charge on any atom is 0.337 e. The van der Waals surface area contributed by atoms with Crippen LogP contribution in [-0.2, 0) is 19.6 Å². The number of aryl methyl sites for hydroxylation is 1. The SMILES string of the molecule is COC(=O)c1ccc(/C=N\NC(=O)CN(c2cccc(C)c2)S(=O)(=O)c2ccccc2)cc1. The van der Waals surface area contributed by atoms with Gasteiger partial charge >= 0.3 is 5.97 Å². The molecule has 8 nitrogen and oxygen atoms in total. The van der Waals surface area contributed by atoms with Gasteiger partial charge in [-0.3, -0.25) is 9.10 Å². The molecule has 0 bridgehead atoms. The second-order valence-electron chi connectivity index (χ2n) is 7.07. The number of esters is 1. The first-order valence-corrected chi connectivity index (χ1v) is 11.4. The molecule has 0 saturated heterocycles. The molecule has 170 valence electrons. The minimum Gasteiger partial charge on any atom is -0.465 e. The predicted octanol–water partition coefficient (Wildman–Crippen LogP) is 3.13. The average Bonchev–Trinajstić information content (AvgIpc) is 2.83. The molecule has 0 aromatic heterocycles. The van der Waals surface area contributed by atoms with Crippen molar-refractivity contribution in [3.8, 4) is 0 Å². The van der Waals surface area contributed by atoms with Crippen LogP contribution in [-0.4, -0.2) is 40.2 Å². The maximum absolute atomic E-state index is 13.3. The van der Waals surface area contributed by atoms with E-state index in [0.29, 0.717) is 16.8 Å². The Morgan fingerprint density at radius 2 is 1.70 bits per heavy atom. The van der Waals surface area contributed by atoms with Gasteiger partial charge in [-0.05, 0) is 54.4 Å². The predicted molar refractivity (Wildman–Crippen MR) is 126 cm³/mol. The van der Waals surface area contributed by atoms with E-state index in [9.17, 15) is 18.0 Å². The van der Waals surface area contributed by atoms with Gasteiger partial charge in [0.15, 0.2) is 0 Å². The second kappa shape index (κ2) is 10.6. The molecule has 0 atom stereocenters. The summed E-state index contributed by atoms with van der Waals surface area (Å²) < 4.78 is 32.2. The van der Waals surface area contributed by atoms with Crippen LogP contribution >= 0.6 is 0 Å². The quantitative estimate of drug-likeness (QED) is 0.313. The van der Waals surface area contributed by atoms with E-state index in [2.05, 4.69) is 15.3 Å². The number of nitrogens with zero attached hydrogens (tertiary/aromatic N) is 2. The van der Waals surface area contributed by atoms with Gasteiger partial charge in [-0.2, -0.15) is 5.10 Å². The van der Waals surface area contributed by atoms with Crippen LogP contribution in [0, 0.1) is 6.92 Å². The molecule has 3 rings (SSSR count). The van der Waals surface area contributed by atoms with Crippen molar-refractivity contribution in [2.45, 2.75) is 11.8 Å². The number of rotatable bonds is 8. The van der Waals surface area contributed by atoms with Gasteiger partial charge in [-0.15, -0.1) is 0 Å². The van der Waals surface area contributed by atoms with Gasteiger partial charge in [0.1, 0.15) is 6.54 Å². The zero-order valence-corrected chi connectivity index (χ0v) is 19.0. The molecule has 1 amide bonds. The van der Waals surface area contributed by atoms with Gasteiger partial charge in [0.25, 0.3) is 15.9 Å². The number of benzene rings is 3. The van der Waals surface area contributed by atoms with E-state index in [4.69, 9.17) is 0 Å². The zero-order valence-electron chi connectivity index (χ0n) is 18.1. The third-order valence-corrected chi connectivity index (χ3v) is 6.43. The summed E-state index contributed by atoms with van der Waals surface area (Å²) in [6.07, 6.45) is 1.39. The van der Waals surface area contributed by atoms with Gasteiger partial charge in [0, 0.05) is 0 Å². The summed E-state index contributed by atoms with van der Waals surface area (Å²) in [7, 11) is -2.68. The number of hydrogen-bond acceptors (Lipinski definition) is 6. The van der Waals surface area contributed by atoms with E-state index in [-0.39, 0.29) is 4.90 Å². The molecule has 0 unspecified atom stereocenters. The van der Waals surface area contributed by atoms with Crippen molar-refractivity contribution >= 4 is 33.8 Å². The second-order valence-corrected chi connectivity index (χ2v) is 8.93. The molecule has 0 aliphatic carbocycles. The molecule has 0 radical (unpaired) electrons. The molecule has 0 saturated carbocycles. The lowest BCUT2D eigenvalue weighted by atomic mass is 10.1. The summed E-state index contributed by atoms with van der Waals surface area (Å²) in [5, 5.41) is 3.89. The number of nitrogens with one attached hydrogen (secondary N) is 1. The van der Waals surface area contributed by atoms with Crippen LogP contribution in [0.1, 0.15) is 21.5 Å². The van der Waals surface area contributed by atoms with E-state index >= 15 is 0 Å². The first-order chi connectivity index (χ1) is 15.8. The number of ether oxygens (including phenoxy) is 1. The highest BCUT2D eigenvalue weighted by Crippen LogP contribution is 2.24. The first-order valence-electron chi connectivity index (χ1n) is 9.96. The van der Waals surface area contributed by atoms with Crippen molar-refractivity contribution in [2.75, 3.05) is 18.0 Å². The number of amides is 1. The highest BCUT2D eigenvalue weighted by Gasteiger charge is 2.27. The normalized spacial score (nSPS) is 11.2. The highest BCUT2D eigenvalue weighted by atomic mass is 32.2. The third kappa shape index (κ3) is 6.05. The molecule has 0 heterocycles. The lowest BCUT2D eigenvalue weighted by molar-refractivity contribution is -0.119. The number of methoxy groups -OCH3 is 1. The van der Waals surface area contributed by atoms with E-state index in [1.54, 1.807) is 60.7 Å². The van der Waals surface area contributed by atoms with Crippen LogP contribution in [0.3, 0.4) is 0 Å². The monoisotopic (exact) mass is 465 g/mol. The summed E-state index contributed by atoms with van der Waals surface area (Å²) in [5.74, 6) is -1.07. The lowest BCUT2D eigenvalue weighted by Gasteiger charge is -2.24. The first kappa shape index (κ1) is 23.7. The standard InChI is InChI=1S/C24H23N3O5S/c1-18-7-6-8-21(15-18)27(33(30,31)22-9-4-3-5-10-22)17-23(28)26-25-16-19-11-13-20(14-12-19)24(29)32-2/h3-16H,17H2,1-2H3,(H,26,28)/b25-16-. The van der Waals surface area contributed by atoms with Crippen LogP contribution in [0.15, 0.2) is 88.9 Å². The Labute approximate surface area is 192 Å². The molecule has 3 aromatic carbocycles. The van der Waals surface area contributed by atoms with Crippen LogP contribution in [0.5, 0.6) is 0 Å². The summed E-state index contributed by atoms with van der Waals surface area (Å²) in [5.41, 5.74) is 4.60. The van der Waals surface area contributed by atoms with Crippen molar-refractivity contribution in [2.24, 2.45) is 5.10 Å². The maximum atomic E-state index is 13.3. The Bertz CT molecular complexity index is 1260. The minimum absolute atomic E-state index is 0.0773. The van der Waals surface area contributed by atoms with Gasteiger partial charge in [-0.1, -0.05) is 42.5 Å². The average molecular weight is 466 g/mol. The minimum atomic E-state index is -3.98. The van der Waals surface area contributed by atoms with Crippen molar-refractivity contribution in [1.82, 2.24) is 5.43 Å². The summed E-state index contributed by atoms with van der Waals surface area (Å²) in [6.45, 7) is 1.38. The Hall–Kier alpha value is -3.98. The summed E-state index contributed by atoms with van der Waals surface area (Å²) in [6, 6.07) is 21.2. The molecule has 9 heteroatoms. The van der Waals surface area contributed by atoms with Crippen LogP contribution < -0.4 is 9.73 Å². The number of carbonyl (C=O) groups excluding carboxylic acids is 2. The molecule has 1 N–H and O–H groups in total. The largest absolute Gasteiger partial charge is 0.465 e. The van der Waals surface area contributed by atoms with Gasteiger partial charge < -0.3 is 4.74 Å². The molecule has 0 fully saturated rings. The van der Waals surface area contributed by atoms with Crippen molar-refractivity contribution in [3.63, 3.8) is 0 Å². The lowest BCUT2D eigenvalue weighted by Crippen LogP contribution is -2.39. The van der Waals surface area contributed by atoms with Crippen molar-refractivity contribution in [1.29, 1.82) is 0 Å². The smallest absolute Gasteiger partial charge is 0.337 e. The molecule has 0 aliphatic rings. The Morgan fingerprint density at radius 3 is 2.33 bits per heavy atom. The van der Waals surface area contributed by atoms with Gasteiger partial charge in [-0.25, -0.2) is 18.6 Å². The number of hydrogen-bond donors (Lipinski definition) is 1. The Kier molecular flexibility index (Phi) is 7.57. The number of anilines is 1. The van der Waals surface area contributed by atoms with E-state index in [0.717, 1.165) is 9.87 Å². The van der Waals surface area contributed by atoms with Gasteiger partial charge in [0.05, 0.1) is 29.5 Å². The van der Waals surface area contributed by atoms with E-state index < -0.39 is 28.4 Å². The van der Waals surface area contributed by atoms with E-state index in [1.807, 2.05) is 13.0 Å². The number of sulfonamides is 1. The molecule has 33 heavy (non-hydrogen) atoms. The van der Waals surface area contributed by atoms with Crippen LogP contribution in [0.25, 0.3) is 0 Å². The molecule has 3 aromatic rings. The van der Waals surface area contributed by atoms with Crippen LogP contribution in [0.4, 0.5) is 5.69 Å². The number of hydrazone groups is 1. The fourth-order valence-corrected chi connectivity index (χ4v) is 4.42. The summed E-state index contributed by atoms with van der Waals surface area (Å²) >= 11 is 0. The fourth-order valence-electron chi connectivity index (χ4n) is 2.99. The molecule has 0 spiro atoms. The Balaban J connectivity index is 1.77. The summed E-state index contributed by atoms with van der Waals surface area (Å²) in [4.78, 5) is 24.1. The number of carbonyl (C=O) groups is 2. The third-order valence-electron chi connectivity index (χ3n) is 4.64. The Morgan fingerprint density at radius 1 is 1.00 bits per heavy atom. The molecule has 0 aliphatic heterocycles. The fraction of sp³-hybridized carbons (Fsp3) is 0.125. The topological polar surface area (TPSA) is 105 Å². The van der Waals surface area contributed by atoms with E-state index in [1.165, 1.54) is 25.5 Å².